The van der Waals surface area contributed by atoms with E-state index in [9.17, 15) is 14.4 Å². The van der Waals surface area contributed by atoms with E-state index in [4.69, 9.17) is 9.47 Å². The average Bonchev–Trinajstić information content (AvgIpc) is 3.01. The number of amides is 2. The molecule has 2 amide bonds. The molecule has 7 nitrogen and oxygen atoms in total. The molecule has 0 aliphatic carbocycles. The Morgan fingerprint density at radius 1 is 1.16 bits per heavy atom. The Labute approximate surface area is 192 Å². The molecule has 31 heavy (non-hydrogen) atoms. The van der Waals surface area contributed by atoms with Crippen LogP contribution in [0.2, 0.25) is 0 Å². The van der Waals surface area contributed by atoms with Crippen LogP contribution in [-0.4, -0.2) is 42.3 Å². The summed E-state index contributed by atoms with van der Waals surface area (Å²) in [6.07, 6.45) is 1.63. The average molecular weight is 506 g/mol. The van der Waals surface area contributed by atoms with Crippen molar-refractivity contribution in [2.45, 2.75) is 13.5 Å². The molecule has 1 saturated heterocycles. The summed E-state index contributed by atoms with van der Waals surface area (Å²) in [7, 11) is 1.28. The zero-order valence-electron chi connectivity index (χ0n) is 16.9. The van der Waals surface area contributed by atoms with Crippen molar-refractivity contribution in [1.82, 2.24) is 4.90 Å². The molecule has 2 aromatic rings. The first-order valence-electron chi connectivity index (χ1n) is 9.38. The highest BCUT2D eigenvalue weighted by atomic mass is 79.9. The molecule has 0 radical (unpaired) electrons. The lowest BCUT2D eigenvalue weighted by Crippen LogP contribution is -2.27. The zero-order valence-corrected chi connectivity index (χ0v) is 19.3. The summed E-state index contributed by atoms with van der Waals surface area (Å²) in [4.78, 5) is 38.1. The molecule has 0 aromatic heterocycles. The molecule has 1 aliphatic rings. The van der Waals surface area contributed by atoms with Gasteiger partial charge < -0.3 is 14.2 Å². The maximum absolute atomic E-state index is 12.8. The largest absolute Gasteiger partial charge is 0.490 e. The number of methoxy groups -OCH3 is 1. The fraction of sp³-hybridized carbons (Fsp3) is 0.227. The van der Waals surface area contributed by atoms with Crippen LogP contribution in [0.1, 0.15) is 18.1 Å². The number of hydrogen-bond donors (Lipinski definition) is 0. The Bertz CT molecular complexity index is 1020. The van der Waals surface area contributed by atoms with Crippen LogP contribution >= 0.6 is 27.7 Å². The van der Waals surface area contributed by atoms with E-state index in [1.807, 2.05) is 37.3 Å². The molecule has 0 spiro atoms. The maximum atomic E-state index is 12.8. The molecule has 2 aromatic carbocycles. The Hall–Kier alpha value is -2.78. The predicted octanol–water partition coefficient (Wildman–Crippen LogP) is 4.64. The first-order valence-corrected chi connectivity index (χ1v) is 11.0. The van der Waals surface area contributed by atoms with Gasteiger partial charge in [0.2, 0.25) is 0 Å². The molecule has 0 bridgehead atoms. The number of rotatable bonds is 8. The minimum absolute atomic E-state index is 0.219. The highest BCUT2D eigenvalue weighted by Crippen LogP contribution is 2.39. The summed E-state index contributed by atoms with van der Waals surface area (Å²) in [5, 5.41) is -0.317. The fourth-order valence-electron chi connectivity index (χ4n) is 2.82. The smallest absolute Gasteiger partial charge is 0.343 e. The number of imide groups is 1. The van der Waals surface area contributed by atoms with Crippen LogP contribution in [0.3, 0.4) is 0 Å². The fourth-order valence-corrected chi connectivity index (χ4v) is 4.23. The third-order valence-corrected chi connectivity index (χ3v) is 5.75. The van der Waals surface area contributed by atoms with Gasteiger partial charge in [-0.15, -0.1) is 0 Å². The molecule has 1 fully saturated rings. The molecule has 0 unspecified atom stereocenters. The van der Waals surface area contributed by atoms with Crippen molar-refractivity contribution in [3.63, 3.8) is 0 Å². The quantitative estimate of drug-likeness (QED) is 0.381. The minimum Gasteiger partial charge on any atom is -0.490 e. The Morgan fingerprint density at radius 3 is 2.58 bits per heavy atom. The number of esters is 1. The number of hydrogen-bond acceptors (Lipinski definition) is 7. The van der Waals surface area contributed by atoms with Gasteiger partial charge in [-0.2, -0.15) is 0 Å². The lowest BCUT2D eigenvalue weighted by atomic mass is 10.1. The van der Waals surface area contributed by atoms with Crippen molar-refractivity contribution in [3.05, 3.63) is 63.0 Å². The Morgan fingerprint density at radius 2 is 1.90 bits per heavy atom. The molecule has 1 aliphatic heterocycles. The highest BCUT2D eigenvalue weighted by Gasteiger charge is 2.35. The van der Waals surface area contributed by atoms with Crippen LogP contribution in [0.5, 0.6) is 11.5 Å². The number of carbonyl (C=O) groups is 3. The second kappa shape index (κ2) is 10.5. The van der Waals surface area contributed by atoms with Gasteiger partial charge in [-0.05, 0) is 64.0 Å². The summed E-state index contributed by atoms with van der Waals surface area (Å²) in [5.74, 6) is -0.124. The topological polar surface area (TPSA) is 82.1 Å². The van der Waals surface area contributed by atoms with Crippen LogP contribution in [-0.2, 0) is 20.9 Å². The number of carbonyl (C=O) groups excluding carboxylic acids is 3. The normalized spacial score (nSPS) is 14.8. The van der Waals surface area contributed by atoms with Gasteiger partial charge in [0.15, 0.2) is 18.1 Å². The van der Waals surface area contributed by atoms with Crippen LogP contribution in [0.25, 0.3) is 6.08 Å². The first kappa shape index (κ1) is 22.9. The molecule has 1 heterocycles. The van der Waals surface area contributed by atoms with Crippen LogP contribution in [0.15, 0.2) is 51.8 Å². The van der Waals surface area contributed by atoms with Crippen molar-refractivity contribution in [1.29, 1.82) is 0 Å². The zero-order chi connectivity index (χ0) is 22.4. The standard InChI is InChI=1S/C22H20BrNO6S/c1-3-29-17-10-15(9-16(23)20(17)30-13-19(25)28-2)11-18-21(26)24(22(27)31-18)12-14-7-5-4-6-8-14/h4-11H,3,12-13H2,1-2H3/b18-11-. The third kappa shape index (κ3) is 5.68. The van der Waals surface area contributed by atoms with E-state index < -0.39 is 5.97 Å². The number of ether oxygens (including phenoxy) is 3. The molecular weight excluding hydrogens is 486 g/mol. The van der Waals surface area contributed by atoms with E-state index in [0.717, 1.165) is 17.3 Å². The van der Waals surface area contributed by atoms with Crippen molar-refractivity contribution < 1.29 is 28.6 Å². The van der Waals surface area contributed by atoms with E-state index in [1.54, 1.807) is 18.2 Å². The summed E-state index contributed by atoms with van der Waals surface area (Å²) < 4.78 is 16.3. The number of thioether (sulfide) groups is 1. The highest BCUT2D eigenvalue weighted by molar-refractivity contribution is 9.10. The van der Waals surface area contributed by atoms with Gasteiger partial charge in [-0.25, -0.2) is 4.79 Å². The SMILES string of the molecule is CCOc1cc(/C=C2\SC(=O)N(Cc3ccccc3)C2=O)cc(Br)c1OCC(=O)OC. The van der Waals surface area contributed by atoms with Gasteiger partial charge >= 0.3 is 5.97 Å². The van der Waals surface area contributed by atoms with Gasteiger partial charge in [-0.1, -0.05) is 30.3 Å². The van der Waals surface area contributed by atoms with Gasteiger partial charge in [0.25, 0.3) is 11.1 Å². The monoisotopic (exact) mass is 505 g/mol. The summed E-state index contributed by atoms with van der Waals surface area (Å²) in [6, 6.07) is 12.7. The van der Waals surface area contributed by atoms with E-state index in [2.05, 4.69) is 20.7 Å². The summed E-state index contributed by atoms with van der Waals surface area (Å²) >= 11 is 4.31. The lowest BCUT2D eigenvalue weighted by Gasteiger charge is -2.14. The van der Waals surface area contributed by atoms with E-state index in [0.29, 0.717) is 33.0 Å². The number of benzene rings is 2. The van der Waals surface area contributed by atoms with E-state index >= 15 is 0 Å². The molecule has 162 valence electrons. The number of halogens is 1. The van der Waals surface area contributed by atoms with Crippen molar-refractivity contribution in [2.24, 2.45) is 0 Å². The second-order valence-electron chi connectivity index (χ2n) is 6.38. The summed E-state index contributed by atoms with van der Waals surface area (Å²) in [5.41, 5.74) is 1.52. The van der Waals surface area contributed by atoms with Gasteiger partial charge in [0, 0.05) is 0 Å². The van der Waals surface area contributed by atoms with Gasteiger partial charge in [0.05, 0.1) is 29.6 Å². The lowest BCUT2D eigenvalue weighted by molar-refractivity contribution is -0.143. The first-order chi connectivity index (χ1) is 14.9. The third-order valence-electron chi connectivity index (χ3n) is 4.25. The molecule has 0 saturated carbocycles. The van der Waals surface area contributed by atoms with Crippen molar-refractivity contribution in [3.8, 4) is 11.5 Å². The predicted molar refractivity (Wildman–Crippen MR) is 121 cm³/mol. The molecule has 9 heteroatoms. The molecule has 3 rings (SSSR count). The Balaban J connectivity index is 1.84. The molecule has 0 N–H and O–H groups in total. The van der Waals surface area contributed by atoms with Gasteiger partial charge in [-0.3, -0.25) is 14.5 Å². The van der Waals surface area contributed by atoms with Crippen LogP contribution < -0.4 is 9.47 Å². The molecular formula is C22H20BrNO6S. The van der Waals surface area contributed by atoms with Crippen LogP contribution in [0.4, 0.5) is 4.79 Å². The van der Waals surface area contributed by atoms with E-state index in [-0.39, 0.29) is 24.3 Å². The maximum Gasteiger partial charge on any atom is 0.343 e. The number of nitrogens with zero attached hydrogens (tertiary/aromatic N) is 1. The van der Waals surface area contributed by atoms with Crippen molar-refractivity contribution >= 4 is 50.9 Å². The second-order valence-corrected chi connectivity index (χ2v) is 8.23. The summed E-state index contributed by atoms with van der Waals surface area (Å²) in [6.45, 7) is 2.14. The van der Waals surface area contributed by atoms with E-state index in [1.165, 1.54) is 12.0 Å². The molecule has 0 atom stereocenters. The van der Waals surface area contributed by atoms with Gasteiger partial charge in [0.1, 0.15) is 0 Å². The Kier molecular flexibility index (Phi) is 7.75. The van der Waals surface area contributed by atoms with Crippen molar-refractivity contribution in [2.75, 3.05) is 20.3 Å². The van der Waals surface area contributed by atoms with Crippen LogP contribution in [0, 0.1) is 0 Å². The minimum atomic E-state index is -0.523.